The third kappa shape index (κ3) is 4.65. The molecule has 0 atom stereocenters. The highest BCUT2D eigenvalue weighted by Crippen LogP contribution is 2.41. The molecular weight excluding hydrogens is 394 g/mol. The van der Waals surface area contributed by atoms with Gasteiger partial charge < -0.3 is 19.1 Å². The third-order valence-electron chi connectivity index (χ3n) is 7.32. The van der Waals surface area contributed by atoms with Gasteiger partial charge in [0.15, 0.2) is 5.79 Å². The monoisotopic (exact) mass is 429 g/mol. The van der Waals surface area contributed by atoms with Crippen molar-refractivity contribution in [1.82, 2.24) is 0 Å². The van der Waals surface area contributed by atoms with Crippen molar-refractivity contribution >= 4 is 17.6 Å². The van der Waals surface area contributed by atoms with E-state index in [1.807, 2.05) is 30.0 Å². The molecule has 1 aliphatic heterocycles. The molecule has 2 aliphatic carbocycles. The summed E-state index contributed by atoms with van der Waals surface area (Å²) in [7, 11) is 1.39. The summed E-state index contributed by atoms with van der Waals surface area (Å²) in [4.78, 5) is 28.4. The number of rotatable bonds is 4. The SMILES string of the molecule is COC(=O)c1cc(C)ccc1N(C(=O)[C@H]1CC[C@H](C)CC1)C1CCC2(CC1)OCCO2. The summed E-state index contributed by atoms with van der Waals surface area (Å²) < 4.78 is 16.9. The second kappa shape index (κ2) is 9.29. The molecule has 2 saturated carbocycles. The van der Waals surface area contributed by atoms with Crippen molar-refractivity contribution in [3.63, 3.8) is 0 Å². The Kier molecular flexibility index (Phi) is 6.68. The van der Waals surface area contributed by atoms with Crippen LogP contribution in [-0.2, 0) is 19.0 Å². The van der Waals surface area contributed by atoms with E-state index in [0.29, 0.717) is 30.4 Å². The van der Waals surface area contributed by atoms with Crippen LogP contribution in [0.15, 0.2) is 18.2 Å². The molecule has 170 valence electrons. The highest BCUT2D eigenvalue weighted by molar-refractivity contribution is 6.03. The van der Waals surface area contributed by atoms with Gasteiger partial charge in [-0.3, -0.25) is 4.79 Å². The van der Waals surface area contributed by atoms with Gasteiger partial charge in [-0.2, -0.15) is 0 Å². The van der Waals surface area contributed by atoms with Crippen LogP contribution in [-0.4, -0.2) is 44.0 Å². The molecule has 3 aliphatic rings. The topological polar surface area (TPSA) is 65.1 Å². The maximum atomic E-state index is 13.9. The van der Waals surface area contributed by atoms with Crippen LogP contribution in [0, 0.1) is 18.8 Å². The smallest absolute Gasteiger partial charge is 0.339 e. The summed E-state index contributed by atoms with van der Waals surface area (Å²) in [5.74, 6) is -0.0468. The minimum atomic E-state index is -0.482. The van der Waals surface area contributed by atoms with Gasteiger partial charge in [-0.25, -0.2) is 4.79 Å². The molecule has 6 nitrogen and oxygen atoms in total. The number of methoxy groups -OCH3 is 1. The average Bonchev–Trinajstić information content (AvgIpc) is 3.24. The van der Waals surface area contributed by atoms with Gasteiger partial charge in [0.2, 0.25) is 5.91 Å². The normalized spacial score (nSPS) is 26.0. The van der Waals surface area contributed by atoms with E-state index in [-0.39, 0.29) is 17.9 Å². The Labute approximate surface area is 185 Å². The largest absolute Gasteiger partial charge is 0.465 e. The molecule has 4 rings (SSSR count). The van der Waals surface area contributed by atoms with Gasteiger partial charge in [0.1, 0.15) is 0 Å². The number of carbonyl (C=O) groups excluding carboxylic acids is 2. The van der Waals surface area contributed by atoms with Gasteiger partial charge in [0.25, 0.3) is 0 Å². The van der Waals surface area contributed by atoms with Gasteiger partial charge in [-0.1, -0.05) is 18.6 Å². The lowest BCUT2D eigenvalue weighted by Gasteiger charge is -2.42. The molecule has 1 saturated heterocycles. The van der Waals surface area contributed by atoms with Gasteiger partial charge >= 0.3 is 5.97 Å². The van der Waals surface area contributed by atoms with E-state index in [1.165, 1.54) is 7.11 Å². The lowest BCUT2D eigenvalue weighted by molar-refractivity contribution is -0.179. The number of ether oxygens (including phenoxy) is 3. The molecule has 3 fully saturated rings. The Morgan fingerprint density at radius 3 is 2.29 bits per heavy atom. The predicted octanol–water partition coefficient (Wildman–Crippen LogP) is 4.63. The van der Waals surface area contributed by atoms with E-state index in [1.54, 1.807) is 0 Å². The number of carbonyl (C=O) groups is 2. The Bertz CT molecular complexity index is 798. The van der Waals surface area contributed by atoms with Crippen molar-refractivity contribution in [1.29, 1.82) is 0 Å². The number of hydrogen-bond donors (Lipinski definition) is 0. The molecule has 0 aromatic heterocycles. The van der Waals surface area contributed by atoms with Crippen molar-refractivity contribution in [2.24, 2.45) is 11.8 Å². The second-order valence-electron chi connectivity index (χ2n) is 9.52. The Balaban J connectivity index is 1.65. The number of hydrogen-bond acceptors (Lipinski definition) is 5. The van der Waals surface area contributed by atoms with Crippen molar-refractivity contribution in [3.8, 4) is 0 Å². The van der Waals surface area contributed by atoms with Crippen LogP contribution in [0.25, 0.3) is 0 Å². The highest BCUT2D eigenvalue weighted by Gasteiger charge is 2.44. The Hall–Kier alpha value is -1.92. The number of amides is 1. The minimum absolute atomic E-state index is 0.0119. The van der Waals surface area contributed by atoms with Crippen molar-refractivity contribution < 1.29 is 23.8 Å². The first kappa shape index (κ1) is 22.3. The number of aryl methyl sites for hydroxylation is 1. The molecule has 0 unspecified atom stereocenters. The van der Waals surface area contributed by atoms with Gasteiger partial charge in [-0.15, -0.1) is 0 Å². The fourth-order valence-electron chi connectivity index (χ4n) is 5.42. The van der Waals surface area contributed by atoms with E-state index < -0.39 is 11.8 Å². The van der Waals surface area contributed by atoms with Gasteiger partial charge in [0.05, 0.1) is 31.6 Å². The summed E-state index contributed by atoms with van der Waals surface area (Å²) in [6, 6.07) is 5.74. The average molecular weight is 430 g/mol. The summed E-state index contributed by atoms with van der Waals surface area (Å²) in [6.07, 6.45) is 7.12. The summed E-state index contributed by atoms with van der Waals surface area (Å²) in [6.45, 7) is 5.48. The van der Waals surface area contributed by atoms with Crippen LogP contribution in [0.3, 0.4) is 0 Å². The number of benzene rings is 1. The third-order valence-corrected chi connectivity index (χ3v) is 7.32. The molecule has 1 spiro atoms. The van der Waals surface area contributed by atoms with Crippen LogP contribution < -0.4 is 4.90 Å². The quantitative estimate of drug-likeness (QED) is 0.653. The first-order chi connectivity index (χ1) is 14.9. The maximum Gasteiger partial charge on any atom is 0.339 e. The van der Waals surface area contributed by atoms with Crippen LogP contribution in [0.5, 0.6) is 0 Å². The van der Waals surface area contributed by atoms with Crippen LogP contribution in [0.2, 0.25) is 0 Å². The minimum Gasteiger partial charge on any atom is -0.465 e. The first-order valence-corrected chi connectivity index (χ1v) is 11.7. The van der Waals surface area contributed by atoms with E-state index in [0.717, 1.165) is 56.9 Å². The lowest BCUT2D eigenvalue weighted by atomic mass is 9.81. The molecule has 1 amide bonds. The molecule has 0 N–H and O–H groups in total. The Morgan fingerprint density at radius 2 is 1.68 bits per heavy atom. The number of esters is 1. The molecule has 31 heavy (non-hydrogen) atoms. The van der Waals surface area contributed by atoms with E-state index in [2.05, 4.69) is 6.92 Å². The van der Waals surface area contributed by atoms with Crippen LogP contribution >= 0.6 is 0 Å². The fraction of sp³-hybridized carbons (Fsp3) is 0.680. The molecule has 6 heteroatoms. The van der Waals surface area contributed by atoms with Crippen LogP contribution in [0.1, 0.15) is 74.2 Å². The van der Waals surface area contributed by atoms with Crippen LogP contribution in [0.4, 0.5) is 5.69 Å². The van der Waals surface area contributed by atoms with Crippen molar-refractivity contribution in [3.05, 3.63) is 29.3 Å². The van der Waals surface area contributed by atoms with E-state index >= 15 is 0 Å². The lowest BCUT2D eigenvalue weighted by Crippen LogP contribution is -2.49. The zero-order chi connectivity index (χ0) is 22.0. The van der Waals surface area contributed by atoms with E-state index in [4.69, 9.17) is 14.2 Å². The maximum absolute atomic E-state index is 13.9. The fourth-order valence-corrected chi connectivity index (χ4v) is 5.42. The summed E-state index contributed by atoms with van der Waals surface area (Å²) >= 11 is 0. The summed E-state index contributed by atoms with van der Waals surface area (Å²) in [5, 5.41) is 0. The predicted molar refractivity (Wildman–Crippen MR) is 118 cm³/mol. The molecule has 0 radical (unpaired) electrons. The van der Waals surface area contributed by atoms with Gasteiger partial charge in [0, 0.05) is 24.8 Å². The molecular formula is C25H35NO5. The highest BCUT2D eigenvalue weighted by atomic mass is 16.7. The number of anilines is 1. The van der Waals surface area contributed by atoms with E-state index in [9.17, 15) is 9.59 Å². The van der Waals surface area contributed by atoms with Crippen molar-refractivity contribution in [2.45, 2.75) is 77.0 Å². The molecule has 0 bridgehead atoms. The van der Waals surface area contributed by atoms with Crippen molar-refractivity contribution in [2.75, 3.05) is 25.2 Å². The zero-order valence-corrected chi connectivity index (χ0v) is 19.0. The van der Waals surface area contributed by atoms with Gasteiger partial charge in [-0.05, 0) is 63.5 Å². The first-order valence-electron chi connectivity index (χ1n) is 11.7. The zero-order valence-electron chi connectivity index (χ0n) is 19.0. The Morgan fingerprint density at radius 1 is 1.03 bits per heavy atom. The standard InChI is InChI=1S/C25H35NO5/c1-17-4-7-19(8-5-17)23(27)26(20-10-12-25(13-11-20)30-14-15-31-25)22-9-6-18(2)16-21(22)24(28)29-3/h6,9,16-17,19-20H,4-5,7-8,10-15H2,1-3H3/t17-,19-. The molecule has 1 aromatic carbocycles. The molecule has 1 heterocycles. The number of nitrogens with zero attached hydrogens (tertiary/aromatic N) is 1. The second-order valence-corrected chi connectivity index (χ2v) is 9.52. The molecule has 1 aromatic rings. The summed E-state index contributed by atoms with van der Waals surface area (Å²) in [5.41, 5.74) is 2.11.